The average molecular weight is 421 g/mol. The third kappa shape index (κ3) is 4.44. The van der Waals surface area contributed by atoms with Crippen molar-refractivity contribution < 1.29 is 27.8 Å². The zero-order chi connectivity index (χ0) is 21.2. The fourth-order valence-electron chi connectivity index (χ4n) is 3.21. The third-order valence-electron chi connectivity index (χ3n) is 4.79. The summed E-state index contributed by atoms with van der Waals surface area (Å²) in [4.78, 5) is 12.8. The Hall–Kier alpha value is -2.82. The number of carbonyl (C=O) groups excluding carboxylic acids is 1. The molecule has 2 aromatic carbocycles. The predicted molar refractivity (Wildman–Crippen MR) is 107 cm³/mol. The lowest BCUT2D eigenvalue weighted by Gasteiger charge is -2.36. The summed E-state index contributed by atoms with van der Waals surface area (Å²) in [6.07, 6.45) is 0.204. The van der Waals surface area contributed by atoms with Crippen LogP contribution in [0.5, 0.6) is 17.2 Å². The zero-order valence-corrected chi connectivity index (χ0v) is 17.1. The highest BCUT2D eigenvalue weighted by Crippen LogP contribution is 2.34. The Labute approximate surface area is 169 Å². The van der Waals surface area contributed by atoms with E-state index in [1.54, 1.807) is 30.3 Å². The summed E-state index contributed by atoms with van der Waals surface area (Å²) < 4.78 is 39.3. The number of nitrogens with zero attached hydrogens (tertiary/aromatic N) is 1. The highest BCUT2D eigenvalue weighted by atomic mass is 32.2. The fraction of sp³-hybridized carbons (Fsp3) is 0.316. The maximum Gasteiger partial charge on any atom is 0.280 e. The molecule has 1 heterocycles. The van der Waals surface area contributed by atoms with Crippen molar-refractivity contribution in [1.29, 1.82) is 0 Å². The van der Waals surface area contributed by atoms with Crippen LogP contribution in [0.1, 0.15) is 18.0 Å². The topological polar surface area (TPSA) is 117 Å². The molecule has 9 nitrogen and oxygen atoms in total. The van der Waals surface area contributed by atoms with E-state index < -0.39 is 28.2 Å². The van der Waals surface area contributed by atoms with Gasteiger partial charge in [0.2, 0.25) is 5.91 Å². The number of benzene rings is 2. The number of phenols is 1. The van der Waals surface area contributed by atoms with E-state index in [0.29, 0.717) is 22.7 Å². The van der Waals surface area contributed by atoms with E-state index in [9.17, 15) is 18.3 Å². The summed E-state index contributed by atoms with van der Waals surface area (Å²) in [5.41, 5.74) is 1.02. The molecular weight excluding hydrogens is 398 g/mol. The van der Waals surface area contributed by atoms with Gasteiger partial charge in [-0.1, -0.05) is 12.1 Å². The van der Waals surface area contributed by atoms with Crippen molar-refractivity contribution in [2.24, 2.45) is 0 Å². The van der Waals surface area contributed by atoms with Crippen LogP contribution in [0.15, 0.2) is 42.5 Å². The molecule has 1 saturated heterocycles. The number of carbonyl (C=O) groups is 1. The first-order valence-corrected chi connectivity index (χ1v) is 10.3. The van der Waals surface area contributed by atoms with Gasteiger partial charge in [0.1, 0.15) is 11.8 Å². The molecule has 0 bridgehead atoms. The number of rotatable bonds is 5. The quantitative estimate of drug-likeness (QED) is 0.676. The molecule has 156 valence electrons. The van der Waals surface area contributed by atoms with Crippen LogP contribution in [-0.2, 0) is 15.0 Å². The smallest absolute Gasteiger partial charge is 0.280 e. The first kappa shape index (κ1) is 20.9. The number of phenolic OH excluding ortho intramolecular Hbond substituents is 1. The summed E-state index contributed by atoms with van der Waals surface area (Å²) in [5.74, 6) is 0.486. The van der Waals surface area contributed by atoms with E-state index in [4.69, 9.17) is 9.47 Å². The van der Waals surface area contributed by atoms with E-state index in [1.165, 1.54) is 33.4 Å². The van der Waals surface area contributed by atoms with Gasteiger partial charge in [-0.2, -0.15) is 17.4 Å². The number of anilines is 1. The number of likely N-dealkylation sites (N-methyl/N-ethyl adjacent to an activating group) is 1. The Balaban J connectivity index is 1.87. The van der Waals surface area contributed by atoms with Gasteiger partial charge in [0.05, 0.1) is 20.3 Å². The van der Waals surface area contributed by atoms with Gasteiger partial charge < -0.3 is 19.9 Å². The summed E-state index contributed by atoms with van der Waals surface area (Å²) >= 11 is 0. The Bertz CT molecular complexity index is 1010. The summed E-state index contributed by atoms with van der Waals surface area (Å²) in [7, 11) is 0.463. The molecule has 0 aliphatic carbocycles. The molecule has 2 atom stereocenters. The monoisotopic (exact) mass is 421 g/mol. The molecule has 0 unspecified atom stereocenters. The number of hydrogen-bond donors (Lipinski definition) is 3. The van der Waals surface area contributed by atoms with E-state index in [2.05, 4.69) is 10.0 Å². The highest BCUT2D eigenvalue weighted by Gasteiger charge is 2.40. The molecule has 0 aromatic heterocycles. The van der Waals surface area contributed by atoms with Gasteiger partial charge in [0.25, 0.3) is 10.2 Å². The molecule has 1 fully saturated rings. The normalized spacial score (nSPS) is 21.3. The Morgan fingerprint density at radius 1 is 1.17 bits per heavy atom. The summed E-state index contributed by atoms with van der Waals surface area (Å²) in [6, 6.07) is 9.58. The molecular formula is C19H23N3O6S. The Kier molecular flexibility index (Phi) is 5.96. The molecule has 10 heteroatoms. The van der Waals surface area contributed by atoms with Crippen LogP contribution in [0, 0.1) is 0 Å². The summed E-state index contributed by atoms with van der Waals surface area (Å²) in [6.45, 7) is 0. The number of amides is 1. The minimum Gasteiger partial charge on any atom is -0.508 e. The number of hydrogen-bond acceptors (Lipinski definition) is 6. The SMILES string of the molecule is COc1ccc([C@@H]2C[C@H](C(=O)Nc3cccc(O)c3)N(C)S(=O)(=O)N2)cc1OC. The largest absolute Gasteiger partial charge is 0.508 e. The van der Waals surface area contributed by atoms with E-state index in [0.717, 1.165) is 4.31 Å². The minimum atomic E-state index is -3.89. The molecule has 0 saturated carbocycles. The second kappa shape index (κ2) is 8.27. The molecule has 1 amide bonds. The van der Waals surface area contributed by atoms with Crippen LogP contribution in [0.25, 0.3) is 0 Å². The third-order valence-corrected chi connectivity index (χ3v) is 6.39. The Morgan fingerprint density at radius 3 is 2.55 bits per heavy atom. The average Bonchev–Trinajstić information content (AvgIpc) is 2.69. The molecule has 29 heavy (non-hydrogen) atoms. The second-order valence-corrected chi connectivity index (χ2v) is 8.36. The van der Waals surface area contributed by atoms with Crippen LogP contribution < -0.4 is 19.5 Å². The number of methoxy groups -OCH3 is 2. The lowest BCUT2D eigenvalue weighted by molar-refractivity contribution is -0.120. The highest BCUT2D eigenvalue weighted by molar-refractivity contribution is 7.87. The van der Waals surface area contributed by atoms with Crippen molar-refractivity contribution in [3.05, 3.63) is 48.0 Å². The standard InChI is InChI=1S/C19H23N3O6S/c1-22-16(19(24)20-13-5-4-6-14(23)10-13)11-15(21-29(22,25)26)12-7-8-17(27-2)18(9-12)28-3/h4-10,15-16,21,23H,11H2,1-3H3,(H,20,24)/t15-,16+/m0/s1. The van der Waals surface area contributed by atoms with Gasteiger partial charge >= 0.3 is 0 Å². The molecule has 0 radical (unpaired) electrons. The van der Waals surface area contributed by atoms with Crippen LogP contribution in [-0.4, -0.2) is 51.0 Å². The lowest BCUT2D eigenvalue weighted by Crippen LogP contribution is -2.55. The van der Waals surface area contributed by atoms with Crippen LogP contribution >= 0.6 is 0 Å². The minimum absolute atomic E-state index is 0.00251. The predicted octanol–water partition coefficient (Wildman–Crippen LogP) is 1.63. The van der Waals surface area contributed by atoms with Crippen molar-refractivity contribution in [3.63, 3.8) is 0 Å². The maximum absolute atomic E-state index is 12.8. The first-order chi connectivity index (χ1) is 13.7. The molecule has 2 aromatic rings. The first-order valence-electron chi connectivity index (χ1n) is 8.82. The Morgan fingerprint density at radius 2 is 1.90 bits per heavy atom. The van der Waals surface area contributed by atoms with E-state index in [1.807, 2.05) is 0 Å². The number of nitrogens with one attached hydrogen (secondary N) is 2. The van der Waals surface area contributed by atoms with Crippen LogP contribution in [0.2, 0.25) is 0 Å². The number of aromatic hydroxyl groups is 1. The van der Waals surface area contributed by atoms with Crippen LogP contribution in [0.3, 0.4) is 0 Å². The van der Waals surface area contributed by atoms with Gasteiger partial charge in [0, 0.05) is 18.8 Å². The zero-order valence-electron chi connectivity index (χ0n) is 16.2. The molecule has 1 aliphatic rings. The summed E-state index contributed by atoms with van der Waals surface area (Å²) in [5, 5.41) is 12.2. The van der Waals surface area contributed by atoms with Gasteiger partial charge in [0.15, 0.2) is 11.5 Å². The maximum atomic E-state index is 12.8. The van der Waals surface area contributed by atoms with Crippen molar-refractivity contribution in [2.45, 2.75) is 18.5 Å². The number of ether oxygens (including phenoxy) is 2. The van der Waals surface area contributed by atoms with Crippen molar-refractivity contribution in [2.75, 3.05) is 26.6 Å². The molecule has 1 aliphatic heterocycles. The lowest BCUT2D eigenvalue weighted by atomic mass is 9.99. The molecule has 0 spiro atoms. The fourth-order valence-corrected chi connectivity index (χ4v) is 4.48. The van der Waals surface area contributed by atoms with Crippen molar-refractivity contribution >= 4 is 21.8 Å². The van der Waals surface area contributed by atoms with E-state index in [-0.39, 0.29) is 12.2 Å². The molecule has 3 rings (SSSR count). The van der Waals surface area contributed by atoms with Crippen molar-refractivity contribution in [1.82, 2.24) is 9.03 Å². The molecule has 3 N–H and O–H groups in total. The van der Waals surface area contributed by atoms with Crippen LogP contribution in [0.4, 0.5) is 5.69 Å². The second-order valence-electron chi connectivity index (χ2n) is 6.60. The van der Waals surface area contributed by atoms with Gasteiger partial charge in [-0.15, -0.1) is 0 Å². The van der Waals surface area contributed by atoms with Gasteiger partial charge in [-0.25, -0.2) is 0 Å². The van der Waals surface area contributed by atoms with Gasteiger partial charge in [-0.3, -0.25) is 4.79 Å². The van der Waals surface area contributed by atoms with E-state index >= 15 is 0 Å². The van der Waals surface area contributed by atoms with Crippen molar-refractivity contribution in [3.8, 4) is 17.2 Å². The van der Waals surface area contributed by atoms with Gasteiger partial charge in [-0.05, 0) is 36.2 Å².